The fourth-order valence-corrected chi connectivity index (χ4v) is 1.55. The zero-order valence-corrected chi connectivity index (χ0v) is 10.5. The first kappa shape index (κ1) is 10.7. The highest BCUT2D eigenvalue weighted by Crippen LogP contribution is 2.38. The maximum absolute atomic E-state index is 5.75. The molecule has 0 spiro atoms. The molecule has 1 aliphatic carbocycles. The lowest BCUT2D eigenvalue weighted by Crippen LogP contribution is -2.09. The molecule has 15 heavy (non-hydrogen) atoms. The minimum atomic E-state index is 0.105. The average Bonchev–Trinajstić information content (AvgIpc) is 2.94. The lowest BCUT2D eigenvalue weighted by atomic mass is 10.4. The summed E-state index contributed by atoms with van der Waals surface area (Å²) in [4.78, 5) is 4.18. The molecule has 0 aromatic carbocycles. The van der Waals surface area contributed by atoms with Gasteiger partial charge in [-0.3, -0.25) is 0 Å². The van der Waals surface area contributed by atoms with Gasteiger partial charge in [-0.1, -0.05) is 0 Å². The van der Waals surface area contributed by atoms with Gasteiger partial charge in [0, 0.05) is 6.20 Å². The summed E-state index contributed by atoms with van der Waals surface area (Å²) in [5.41, 5.74) is 0. The number of halogens is 1. The maximum Gasteiger partial charge on any atom is 0.258 e. The first-order valence-corrected chi connectivity index (χ1v) is 5.94. The third kappa shape index (κ3) is 2.84. The summed E-state index contributed by atoms with van der Waals surface area (Å²) in [5.74, 6) is 1.31. The highest BCUT2D eigenvalue weighted by Gasteiger charge is 2.26. The number of nitrogens with zero attached hydrogens (tertiary/aromatic N) is 1. The van der Waals surface area contributed by atoms with Crippen molar-refractivity contribution in [1.29, 1.82) is 0 Å². The van der Waals surface area contributed by atoms with E-state index in [0.29, 0.717) is 12.0 Å². The van der Waals surface area contributed by atoms with Crippen molar-refractivity contribution in [1.82, 2.24) is 4.98 Å². The summed E-state index contributed by atoms with van der Waals surface area (Å²) in [6.45, 7) is 3.95. The van der Waals surface area contributed by atoms with Crippen molar-refractivity contribution in [3.8, 4) is 11.6 Å². The van der Waals surface area contributed by atoms with Gasteiger partial charge in [0.1, 0.15) is 0 Å². The summed E-state index contributed by atoms with van der Waals surface area (Å²) in [6, 6.07) is 1.87. The minimum absolute atomic E-state index is 0.105. The van der Waals surface area contributed by atoms with Gasteiger partial charge in [0.15, 0.2) is 5.75 Å². The molecule has 0 amide bonds. The molecule has 1 fully saturated rings. The van der Waals surface area contributed by atoms with Crippen molar-refractivity contribution in [2.75, 3.05) is 0 Å². The van der Waals surface area contributed by atoms with Crippen LogP contribution >= 0.6 is 15.9 Å². The zero-order chi connectivity index (χ0) is 10.8. The van der Waals surface area contributed by atoms with Crippen LogP contribution < -0.4 is 9.47 Å². The molecule has 1 aliphatic rings. The van der Waals surface area contributed by atoms with Crippen LogP contribution in [-0.2, 0) is 0 Å². The van der Waals surface area contributed by atoms with Gasteiger partial charge >= 0.3 is 0 Å². The Labute approximate surface area is 97.9 Å². The second kappa shape index (κ2) is 4.39. The SMILES string of the molecule is CC(C)Oc1nccc(Br)c1OC1CC1. The minimum Gasteiger partial charge on any atom is -0.484 e. The van der Waals surface area contributed by atoms with E-state index in [2.05, 4.69) is 20.9 Å². The molecule has 1 saturated carbocycles. The molecule has 82 valence electrons. The molecule has 2 rings (SSSR count). The Bertz CT molecular complexity index is 350. The average molecular weight is 272 g/mol. The fraction of sp³-hybridized carbons (Fsp3) is 0.545. The van der Waals surface area contributed by atoms with E-state index in [1.54, 1.807) is 6.20 Å². The predicted molar refractivity (Wildman–Crippen MR) is 61.4 cm³/mol. The van der Waals surface area contributed by atoms with Crippen LogP contribution in [0.15, 0.2) is 16.7 Å². The van der Waals surface area contributed by atoms with E-state index in [9.17, 15) is 0 Å². The van der Waals surface area contributed by atoms with Crippen molar-refractivity contribution in [2.45, 2.75) is 38.9 Å². The van der Waals surface area contributed by atoms with E-state index < -0.39 is 0 Å². The van der Waals surface area contributed by atoms with Crippen LogP contribution in [-0.4, -0.2) is 17.2 Å². The van der Waals surface area contributed by atoms with E-state index in [0.717, 1.165) is 23.1 Å². The van der Waals surface area contributed by atoms with Crippen LogP contribution in [0.25, 0.3) is 0 Å². The standard InChI is InChI=1S/C11H14BrNO2/c1-7(2)14-11-10(15-8-3-4-8)9(12)5-6-13-11/h5-8H,3-4H2,1-2H3. The van der Waals surface area contributed by atoms with E-state index in [1.807, 2.05) is 19.9 Å². The first-order valence-electron chi connectivity index (χ1n) is 5.14. The Morgan fingerprint density at radius 2 is 2.20 bits per heavy atom. The maximum atomic E-state index is 5.75. The number of hydrogen-bond acceptors (Lipinski definition) is 3. The third-order valence-corrected chi connectivity index (χ3v) is 2.60. The Balaban J connectivity index is 2.21. The van der Waals surface area contributed by atoms with Crippen LogP contribution in [0.1, 0.15) is 26.7 Å². The molecule has 0 N–H and O–H groups in total. The first-order chi connectivity index (χ1) is 7.16. The van der Waals surface area contributed by atoms with E-state index in [1.165, 1.54) is 0 Å². The summed E-state index contributed by atoms with van der Waals surface area (Å²) in [7, 11) is 0. The van der Waals surface area contributed by atoms with Crippen molar-refractivity contribution in [2.24, 2.45) is 0 Å². The van der Waals surface area contributed by atoms with Gasteiger partial charge in [-0.2, -0.15) is 0 Å². The van der Waals surface area contributed by atoms with Gasteiger partial charge in [0.25, 0.3) is 5.88 Å². The molecular weight excluding hydrogens is 258 g/mol. The molecule has 1 heterocycles. The number of ether oxygens (including phenoxy) is 2. The normalized spacial score (nSPS) is 15.5. The van der Waals surface area contributed by atoms with Crippen molar-refractivity contribution < 1.29 is 9.47 Å². The Morgan fingerprint density at radius 1 is 1.47 bits per heavy atom. The number of pyridine rings is 1. The molecule has 0 bridgehead atoms. The molecule has 0 unspecified atom stereocenters. The van der Waals surface area contributed by atoms with Crippen LogP contribution in [0.4, 0.5) is 0 Å². The molecule has 0 saturated heterocycles. The Morgan fingerprint density at radius 3 is 2.80 bits per heavy atom. The third-order valence-electron chi connectivity index (χ3n) is 1.98. The predicted octanol–water partition coefficient (Wildman–Crippen LogP) is 3.17. The lowest BCUT2D eigenvalue weighted by Gasteiger charge is -2.14. The number of rotatable bonds is 4. The van der Waals surface area contributed by atoms with Gasteiger partial charge in [0.05, 0.1) is 16.7 Å². The second-order valence-corrected chi connectivity index (χ2v) is 4.77. The molecule has 4 heteroatoms. The van der Waals surface area contributed by atoms with Gasteiger partial charge < -0.3 is 9.47 Å². The van der Waals surface area contributed by atoms with Crippen LogP contribution in [0.5, 0.6) is 11.6 Å². The smallest absolute Gasteiger partial charge is 0.258 e. The van der Waals surface area contributed by atoms with Gasteiger partial charge in [-0.25, -0.2) is 4.98 Å². The lowest BCUT2D eigenvalue weighted by molar-refractivity contribution is 0.207. The summed E-state index contributed by atoms with van der Waals surface area (Å²) < 4.78 is 12.2. The Hall–Kier alpha value is -0.770. The molecular formula is C11H14BrNO2. The topological polar surface area (TPSA) is 31.4 Å². The van der Waals surface area contributed by atoms with Gasteiger partial charge in [-0.05, 0) is 48.7 Å². The monoisotopic (exact) mass is 271 g/mol. The summed E-state index contributed by atoms with van der Waals surface area (Å²) >= 11 is 3.45. The molecule has 0 atom stereocenters. The second-order valence-electron chi connectivity index (χ2n) is 3.91. The highest BCUT2D eigenvalue weighted by molar-refractivity contribution is 9.10. The zero-order valence-electron chi connectivity index (χ0n) is 8.87. The van der Waals surface area contributed by atoms with Gasteiger partial charge in [-0.15, -0.1) is 0 Å². The van der Waals surface area contributed by atoms with E-state index in [4.69, 9.17) is 9.47 Å². The summed E-state index contributed by atoms with van der Waals surface area (Å²) in [5, 5.41) is 0. The molecule has 0 radical (unpaired) electrons. The number of aromatic nitrogens is 1. The van der Waals surface area contributed by atoms with Crippen molar-refractivity contribution in [3.63, 3.8) is 0 Å². The summed E-state index contributed by atoms with van der Waals surface area (Å²) in [6.07, 6.45) is 4.42. The molecule has 3 nitrogen and oxygen atoms in total. The van der Waals surface area contributed by atoms with E-state index in [-0.39, 0.29) is 6.10 Å². The van der Waals surface area contributed by atoms with Crippen molar-refractivity contribution in [3.05, 3.63) is 16.7 Å². The molecule has 0 aliphatic heterocycles. The van der Waals surface area contributed by atoms with Crippen molar-refractivity contribution >= 4 is 15.9 Å². The fourth-order valence-electron chi connectivity index (χ4n) is 1.17. The molecule has 1 aromatic heterocycles. The molecule has 1 aromatic rings. The van der Waals surface area contributed by atoms with Crippen LogP contribution in [0.2, 0.25) is 0 Å². The quantitative estimate of drug-likeness (QED) is 0.843. The van der Waals surface area contributed by atoms with Crippen LogP contribution in [0, 0.1) is 0 Å². The van der Waals surface area contributed by atoms with Crippen LogP contribution in [0.3, 0.4) is 0 Å². The Kier molecular flexibility index (Phi) is 3.14. The van der Waals surface area contributed by atoms with Gasteiger partial charge in [0.2, 0.25) is 0 Å². The number of hydrogen-bond donors (Lipinski definition) is 0. The highest BCUT2D eigenvalue weighted by atomic mass is 79.9. The van der Waals surface area contributed by atoms with E-state index >= 15 is 0 Å². The largest absolute Gasteiger partial charge is 0.484 e.